The average Bonchev–Trinajstić information content (AvgIpc) is 4.16. The number of nitrogens with one attached hydrogen (secondary N) is 2. The van der Waals surface area contributed by atoms with Gasteiger partial charge in [0.25, 0.3) is 17.7 Å². The Bertz CT molecular complexity index is 3520. The van der Waals surface area contributed by atoms with Gasteiger partial charge in [0.1, 0.15) is 40.1 Å². The lowest BCUT2D eigenvalue weighted by Gasteiger charge is -2.30. The third-order valence-corrected chi connectivity index (χ3v) is 13.2. The summed E-state index contributed by atoms with van der Waals surface area (Å²) in [6.07, 6.45) is 6.08. The fourth-order valence-electron chi connectivity index (χ4n) is 10.1. The highest BCUT2D eigenvalue weighted by atomic mass is 19.1. The van der Waals surface area contributed by atoms with Crippen molar-refractivity contribution < 1.29 is 36.7 Å². The Morgan fingerprint density at radius 2 is 1.31 bits per heavy atom. The second-order valence-electron chi connectivity index (χ2n) is 19.9. The molecule has 2 N–H and O–H groups in total. The molecule has 0 unspecified atom stereocenters. The highest BCUT2D eigenvalue weighted by Crippen LogP contribution is 2.45. The molecule has 3 amide bonds. The molecular formula is C59H61F2N5O6. The van der Waals surface area contributed by atoms with Crippen molar-refractivity contribution in [3.8, 4) is 39.5 Å². The van der Waals surface area contributed by atoms with E-state index in [1.807, 2.05) is 67.4 Å². The number of hydrogen-bond acceptors (Lipinski definition) is 6. The van der Waals surface area contributed by atoms with Gasteiger partial charge in [-0.05, 0) is 142 Å². The maximum absolute atomic E-state index is 14.9. The Balaban J connectivity index is 1.06. The van der Waals surface area contributed by atoms with E-state index in [0.29, 0.717) is 106 Å². The number of aryl methyl sites for hydroxylation is 3. The molecule has 4 aromatic heterocycles. The number of carbonyl (C=O) groups is 3. The summed E-state index contributed by atoms with van der Waals surface area (Å²) in [5, 5.41) is 8.42. The number of hydrogen-bond donors (Lipinski definition) is 2. The van der Waals surface area contributed by atoms with Crippen LogP contribution in [0.4, 0.5) is 8.78 Å². The van der Waals surface area contributed by atoms with E-state index >= 15 is 0 Å². The summed E-state index contributed by atoms with van der Waals surface area (Å²) < 4.78 is 52.2. The molecule has 0 spiro atoms. The summed E-state index contributed by atoms with van der Waals surface area (Å²) >= 11 is 0. The number of fused-ring (bicyclic) bond motifs is 6. The van der Waals surface area contributed by atoms with Crippen LogP contribution in [0.1, 0.15) is 97.9 Å². The molecule has 0 aliphatic carbocycles. The first kappa shape index (κ1) is 49.3. The standard InChI is InChI=1S/C59H61F2N5O6/c1-10-64-28-26-42-50(64)43(30-44-48(56(67)62-8)52(71-54(42)44)35-18-22-40(60)23-19-35)37-16-14-17-38(29-37)58(69)66(33-59(5,6)7)27-13-12-15-39-32-65(11-2)51-46(70-34(3)4)31-45-49(57(68)63-9)53(72-55(45)47(39)51)36-20-24-41(61)25-21-36/h14,16-26,28-32,34H,10-13,15,27,33H2,1-9H3,(H,62,67)(H,63,68). The quantitative estimate of drug-likeness (QED) is 0.0930. The second kappa shape index (κ2) is 19.9. The maximum Gasteiger partial charge on any atom is 0.255 e. The minimum atomic E-state index is -0.394. The largest absolute Gasteiger partial charge is 0.489 e. The molecule has 0 aliphatic rings. The number of unbranched alkanes of at least 4 members (excludes halogenated alkanes) is 1. The smallest absolute Gasteiger partial charge is 0.255 e. The van der Waals surface area contributed by atoms with E-state index in [4.69, 9.17) is 13.6 Å². The third kappa shape index (κ3) is 9.24. The van der Waals surface area contributed by atoms with Gasteiger partial charge in [0.15, 0.2) is 0 Å². The van der Waals surface area contributed by atoms with Gasteiger partial charge in [-0.15, -0.1) is 0 Å². The fraction of sp³-hybridized carbons (Fsp3) is 0.305. The number of furan rings is 2. The van der Waals surface area contributed by atoms with Crippen LogP contribution in [-0.2, 0) is 19.5 Å². The van der Waals surface area contributed by atoms with Crippen molar-refractivity contribution in [1.29, 1.82) is 0 Å². The second-order valence-corrected chi connectivity index (χ2v) is 19.9. The number of amides is 3. The number of rotatable bonds is 16. The molecule has 9 rings (SSSR count). The molecule has 0 fully saturated rings. The van der Waals surface area contributed by atoms with Crippen LogP contribution in [0.15, 0.2) is 112 Å². The summed E-state index contributed by atoms with van der Waals surface area (Å²) in [5.41, 5.74) is 7.72. The van der Waals surface area contributed by atoms with Gasteiger partial charge in [-0.25, -0.2) is 8.78 Å². The molecule has 0 bridgehead atoms. The average molecular weight is 974 g/mol. The summed E-state index contributed by atoms with van der Waals surface area (Å²) in [5.74, 6) is -0.218. The zero-order valence-electron chi connectivity index (χ0n) is 42.4. The number of ether oxygens (including phenoxy) is 1. The monoisotopic (exact) mass is 973 g/mol. The lowest BCUT2D eigenvalue weighted by atomic mass is 9.94. The molecule has 0 saturated carbocycles. The van der Waals surface area contributed by atoms with Crippen molar-refractivity contribution in [2.24, 2.45) is 5.41 Å². The number of halogens is 2. The normalized spacial score (nSPS) is 11.9. The predicted octanol–water partition coefficient (Wildman–Crippen LogP) is 13.4. The van der Waals surface area contributed by atoms with E-state index in [1.54, 1.807) is 38.4 Å². The van der Waals surface area contributed by atoms with Crippen LogP contribution in [-0.4, -0.2) is 65.0 Å². The van der Waals surface area contributed by atoms with Crippen LogP contribution in [0.3, 0.4) is 0 Å². The molecule has 0 aliphatic heterocycles. The summed E-state index contributed by atoms with van der Waals surface area (Å²) in [4.78, 5) is 44.1. The van der Waals surface area contributed by atoms with Crippen LogP contribution >= 0.6 is 0 Å². The molecule has 9 aromatic rings. The molecule has 372 valence electrons. The Morgan fingerprint density at radius 3 is 1.88 bits per heavy atom. The van der Waals surface area contributed by atoms with Gasteiger partial charge in [-0.1, -0.05) is 32.9 Å². The highest BCUT2D eigenvalue weighted by molar-refractivity contribution is 6.20. The first-order chi connectivity index (χ1) is 34.5. The van der Waals surface area contributed by atoms with E-state index in [1.165, 1.54) is 24.3 Å². The van der Waals surface area contributed by atoms with Gasteiger partial charge in [0, 0.05) is 91.1 Å². The Kier molecular flexibility index (Phi) is 13.6. The van der Waals surface area contributed by atoms with Gasteiger partial charge >= 0.3 is 0 Å². The van der Waals surface area contributed by atoms with Crippen LogP contribution in [0.2, 0.25) is 0 Å². The van der Waals surface area contributed by atoms with Crippen LogP contribution < -0.4 is 15.4 Å². The van der Waals surface area contributed by atoms with Crippen LogP contribution in [0, 0.1) is 17.0 Å². The van der Waals surface area contributed by atoms with Crippen molar-refractivity contribution in [2.75, 3.05) is 27.2 Å². The Labute approximate surface area is 417 Å². The van der Waals surface area contributed by atoms with Gasteiger partial charge in [0.2, 0.25) is 0 Å². The van der Waals surface area contributed by atoms with Crippen LogP contribution in [0.5, 0.6) is 5.75 Å². The van der Waals surface area contributed by atoms with E-state index in [2.05, 4.69) is 60.6 Å². The first-order valence-corrected chi connectivity index (χ1v) is 24.8. The number of benzene rings is 5. The van der Waals surface area contributed by atoms with Crippen molar-refractivity contribution in [1.82, 2.24) is 24.7 Å². The lowest BCUT2D eigenvalue weighted by Crippen LogP contribution is -2.38. The zero-order chi connectivity index (χ0) is 51.2. The first-order valence-electron chi connectivity index (χ1n) is 24.8. The van der Waals surface area contributed by atoms with Gasteiger partial charge in [0.05, 0.1) is 33.7 Å². The molecule has 13 heteroatoms. The molecule has 0 atom stereocenters. The van der Waals surface area contributed by atoms with Crippen molar-refractivity contribution in [2.45, 2.75) is 86.9 Å². The van der Waals surface area contributed by atoms with Crippen molar-refractivity contribution in [3.05, 3.63) is 137 Å². The van der Waals surface area contributed by atoms with Gasteiger partial charge in [-0.3, -0.25) is 14.4 Å². The van der Waals surface area contributed by atoms with Gasteiger partial charge in [-0.2, -0.15) is 0 Å². The Hall–Kier alpha value is -7.67. The topological polar surface area (TPSA) is 124 Å². The van der Waals surface area contributed by atoms with E-state index in [-0.39, 0.29) is 29.2 Å². The zero-order valence-corrected chi connectivity index (χ0v) is 42.4. The molecule has 4 heterocycles. The molecule has 5 aromatic carbocycles. The minimum Gasteiger partial charge on any atom is -0.489 e. The minimum absolute atomic E-state index is 0.0895. The summed E-state index contributed by atoms with van der Waals surface area (Å²) in [7, 11) is 3.15. The molecule has 0 radical (unpaired) electrons. The third-order valence-electron chi connectivity index (χ3n) is 13.2. The van der Waals surface area contributed by atoms with E-state index in [0.717, 1.165) is 44.9 Å². The van der Waals surface area contributed by atoms with Crippen molar-refractivity contribution >= 4 is 61.5 Å². The number of aromatic nitrogens is 2. The van der Waals surface area contributed by atoms with Crippen LogP contribution in [0.25, 0.3) is 77.5 Å². The summed E-state index contributed by atoms with van der Waals surface area (Å²) in [6.45, 7) is 16.8. The Morgan fingerprint density at radius 1 is 0.708 bits per heavy atom. The lowest BCUT2D eigenvalue weighted by molar-refractivity contribution is 0.0691. The molecule has 72 heavy (non-hydrogen) atoms. The van der Waals surface area contributed by atoms with Crippen molar-refractivity contribution in [3.63, 3.8) is 0 Å². The fourth-order valence-corrected chi connectivity index (χ4v) is 10.1. The van der Waals surface area contributed by atoms with Gasteiger partial charge < -0.3 is 38.2 Å². The molecule has 11 nitrogen and oxygen atoms in total. The number of carbonyl (C=O) groups excluding carboxylic acids is 3. The predicted molar refractivity (Wildman–Crippen MR) is 282 cm³/mol. The van der Waals surface area contributed by atoms with E-state index < -0.39 is 11.6 Å². The molecular weight excluding hydrogens is 913 g/mol. The maximum atomic E-state index is 14.9. The summed E-state index contributed by atoms with van der Waals surface area (Å²) in [6, 6.07) is 25.3. The number of nitrogens with zero attached hydrogens (tertiary/aromatic N) is 3. The highest BCUT2D eigenvalue weighted by Gasteiger charge is 2.30. The van der Waals surface area contributed by atoms with E-state index in [9.17, 15) is 23.2 Å². The molecule has 0 saturated heterocycles. The SMILES string of the molecule is CCn1ccc2c3oc(-c4ccc(F)cc4)c(C(=O)NC)c3cc(-c3cccc(C(=O)N(CCCCc4cn(CC)c5c(OC(C)C)cc6c(C(=O)NC)c(-c7ccc(F)cc7)oc6c45)CC(C)(C)C)c3)c21.